The van der Waals surface area contributed by atoms with Gasteiger partial charge in [0.2, 0.25) is 0 Å². The molecule has 1 heterocycles. The average Bonchev–Trinajstić information content (AvgIpc) is 2.31. The maximum atomic E-state index is 12.3. The first-order valence-electron chi connectivity index (χ1n) is 5.39. The molecule has 2 rings (SSSR count). The molecular weight excluding hydrogens is 330 g/mol. The molecule has 0 aliphatic rings. The zero-order valence-corrected chi connectivity index (χ0v) is 12.5. The van der Waals surface area contributed by atoms with Gasteiger partial charge in [-0.15, -0.1) is 0 Å². The Labute approximate surface area is 120 Å². The highest BCUT2D eigenvalue weighted by Crippen LogP contribution is 2.24. The van der Waals surface area contributed by atoms with E-state index in [2.05, 4.69) is 25.6 Å². The van der Waals surface area contributed by atoms with Gasteiger partial charge in [0.25, 0.3) is 10.0 Å². The second-order valence-electron chi connectivity index (χ2n) is 3.97. The lowest BCUT2D eigenvalue weighted by molar-refractivity contribution is 0.601. The van der Waals surface area contributed by atoms with Gasteiger partial charge in [-0.05, 0) is 46.6 Å². The van der Waals surface area contributed by atoms with E-state index in [0.29, 0.717) is 15.9 Å². The number of halogens is 1. The number of pyridine rings is 1. The first-order chi connectivity index (χ1) is 8.90. The van der Waals surface area contributed by atoms with Gasteiger partial charge in [-0.3, -0.25) is 4.72 Å². The monoisotopic (exact) mass is 341 g/mol. The first-order valence-corrected chi connectivity index (χ1v) is 7.67. The summed E-state index contributed by atoms with van der Waals surface area (Å²) in [4.78, 5) is 4.06. The van der Waals surface area contributed by atoms with Crippen LogP contribution in [0.25, 0.3) is 0 Å². The number of aryl methyl sites for hydroxylation is 1. The Bertz CT molecular complexity index is 679. The Morgan fingerprint density at radius 2 is 2.00 bits per heavy atom. The predicted octanol–water partition coefficient (Wildman–Crippen LogP) is 2.54. The standard InChI is InChI=1S/C12H12BrN3O2S/c1-8-3-2-4-10(14)12(8)19(17,18)16-9-5-6-11(13)15-7-9/h2-7,16H,14H2,1H3. The highest BCUT2D eigenvalue weighted by Gasteiger charge is 2.19. The van der Waals surface area contributed by atoms with Gasteiger partial charge in [0.1, 0.15) is 9.50 Å². The number of rotatable bonds is 3. The van der Waals surface area contributed by atoms with Crippen LogP contribution in [0, 0.1) is 6.92 Å². The number of hydrogen-bond acceptors (Lipinski definition) is 4. The minimum atomic E-state index is -3.72. The van der Waals surface area contributed by atoms with E-state index in [4.69, 9.17) is 5.73 Å². The summed E-state index contributed by atoms with van der Waals surface area (Å²) in [5.74, 6) is 0. The van der Waals surface area contributed by atoms with Crippen LogP contribution in [-0.4, -0.2) is 13.4 Å². The summed E-state index contributed by atoms with van der Waals surface area (Å²) >= 11 is 3.18. The van der Waals surface area contributed by atoms with E-state index in [1.54, 1.807) is 37.3 Å². The molecule has 0 saturated carbocycles. The van der Waals surface area contributed by atoms with Gasteiger partial charge in [-0.25, -0.2) is 13.4 Å². The second-order valence-corrected chi connectivity index (χ2v) is 6.40. The number of nitrogens with zero attached hydrogens (tertiary/aromatic N) is 1. The van der Waals surface area contributed by atoms with Crippen molar-refractivity contribution < 1.29 is 8.42 Å². The van der Waals surface area contributed by atoms with Crippen molar-refractivity contribution in [2.24, 2.45) is 0 Å². The quantitative estimate of drug-likeness (QED) is 0.663. The highest BCUT2D eigenvalue weighted by atomic mass is 79.9. The smallest absolute Gasteiger partial charge is 0.264 e. The third-order valence-corrected chi connectivity index (χ3v) is 4.56. The molecular formula is C12H12BrN3O2S. The summed E-state index contributed by atoms with van der Waals surface area (Å²) in [6.45, 7) is 1.70. The number of anilines is 2. The number of nitrogens with one attached hydrogen (secondary N) is 1. The molecule has 0 amide bonds. The van der Waals surface area contributed by atoms with Gasteiger partial charge in [0, 0.05) is 0 Å². The molecule has 0 unspecified atom stereocenters. The fraction of sp³-hybridized carbons (Fsp3) is 0.0833. The van der Waals surface area contributed by atoms with Crippen molar-refractivity contribution >= 4 is 37.3 Å². The lowest BCUT2D eigenvalue weighted by Crippen LogP contribution is -2.16. The van der Waals surface area contributed by atoms with Crippen LogP contribution >= 0.6 is 15.9 Å². The summed E-state index contributed by atoms with van der Waals surface area (Å²) in [6.07, 6.45) is 1.43. The Kier molecular flexibility index (Phi) is 3.77. The molecule has 0 fully saturated rings. The summed E-state index contributed by atoms with van der Waals surface area (Å²) < 4.78 is 27.7. The van der Waals surface area contributed by atoms with E-state index < -0.39 is 10.0 Å². The van der Waals surface area contributed by atoms with Crippen molar-refractivity contribution in [2.45, 2.75) is 11.8 Å². The van der Waals surface area contributed by atoms with Gasteiger partial charge < -0.3 is 5.73 Å². The van der Waals surface area contributed by atoms with Crippen LogP contribution in [0.4, 0.5) is 11.4 Å². The summed E-state index contributed by atoms with van der Waals surface area (Å²) in [5, 5.41) is 0. The summed E-state index contributed by atoms with van der Waals surface area (Å²) in [7, 11) is -3.72. The molecule has 1 aromatic heterocycles. The second kappa shape index (κ2) is 5.18. The molecule has 0 aliphatic carbocycles. The number of nitrogens with two attached hydrogens (primary N) is 1. The molecule has 0 radical (unpaired) electrons. The Morgan fingerprint density at radius 3 is 2.58 bits per heavy atom. The summed E-state index contributed by atoms with van der Waals surface area (Å²) in [5.41, 5.74) is 6.94. The molecule has 0 aliphatic heterocycles. The Morgan fingerprint density at radius 1 is 1.26 bits per heavy atom. The van der Waals surface area contributed by atoms with E-state index in [-0.39, 0.29) is 10.6 Å². The SMILES string of the molecule is Cc1cccc(N)c1S(=O)(=O)Nc1ccc(Br)nc1. The van der Waals surface area contributed by atoms with Gasteiger partial charge in [-0.2, -0.15) is 0 Å². The molecule has 0 spiro atoms. The molecule has 0 atom stereocenters. The van der Waals surface area contributed by atoms with Crippen LogP contribution in [0.15, 0.2) is 46.0 Å². The third kappa shape index (κ3) is 3.05. The van der Waals surface area contributed by atoms with Crippen LogP contribution in [0.2, 0.25) is 0 Å². The number of hydrogen-bond donors (Lipinski definition) is 2. The van der Waals surface area contributed by atoms with Gasteiger partial charge in [0.15, 0.2) is 0 Å². The maximum Gasteiger partial charge on any atom is 0.264 e. The average molecular weight is 342 g/mol. The number of nitrogen functional groups attached to an aromatic ring is 1. The Hall–Kier alpha value is -1.60. The molecule has 5 nitrogen and oxygen atoms in total. The van der Waals surface area contributed by atoms with Crippen LogP contribution in [0.5, 0.6) is 0 Å². The van der Waals surface area contributed by atoms with Gasteiger partial charge in [-0.1, -0.05) is 12.1 Å². The molecule has 2 aromatic rings. The van der Waals surface area contributed by atoms with Crippen molar-refractivity contribution in [2.75, 3.05) is 10.5 Å². The predicted molar refractivity (Wildman–Crippen MR) is 78.3 cm³/mol. The summed E-state index contributed by atoms with van der Waals surface area (Å²) in [6, 6.07) is 8.24. The van der Waals surface area contributed by atoms with Crippen LogP contribution < -0.4 is 10.5 Å². The van der Waals surface area contributed by atoms with E-state index in [0.717, 1.165) is 0 Å². The fourth-order valence-electron chi connectivity index (χ4n) is 1.68. The molecule has 0 saturated heterocycles. The zero-order valence-electron chi connectivity index (χ0n) is 10.1. The topological polar surface area (TPSA) is 85.1 Å². The van der Waals surface area contributed by atoms with Gasteiger partial charge >= 0.3 is 0 Å². The molecule has 1 aromatic carbocycles. The largest absolute Gasteiger partial charge is 0.398 e. The lowest BCUT2D eigenvalue weighted by atomic mass is 10.2. The van der Waals surface area contributed by atoms with E-state index in [9.17, 15) is 8.42 Å². The van der Waals surface area contributed by atoms with Crippen molar-refractivity contribution in [1.29, 1.82) is 0 Å². The maximum absolute atomic E-state index is 12.3. The van der Waals surface area contributed by atoms with Crippen LogP contribution in [-0.2, 0) is 10.0 Å². The van der Waals surface area contributed by atoms with Crippen LogP contribution in [0.3, 0.4) is 0 Å². The van der Waals surface area contributed by atoms with Crippen LogP contribution in [0.1, 0.15) is 5.56 Å². The number of sulfonamides is 1. The van der Waals surface area contributed by atoms with E-state index in [1.807, 2.05) is 0 Å². The highest BCUT2D eigenvalue weighted by molar-refractivity contribution is 9.10. The normalized spacial score (nSPS) is 11.3. The van der Waals surface area contributed by atoms with Gasteiger partial charge in [0.05, 0.1) is 17.6 Å². The molecule has 19 heavy (non-hydrogen) atoms. The molecule has 3 N–H and O–H groups in total. The van der Waals surface area contributed by atoms with E-state index in [1.165, 1.54) is 6.20 Å². The minimum Gasteiger partial charge on any atom is -0.398 e. The minimum absolute atomic E-state index is 0.0953. The van der Waals surface area contributed by atoms with Crippen molar-refractivity contribution in [1.82, 2.24) is 4.98 Å². The Balaban J connectivity index is 2.41. The number of aromatic nitrogens is 1. The number of benzene rings is 1. The molecule has 7 heteroatoms. The first kappa shape index (κ1) is 13.8. The van der Waals surface area contributed by atoms with E-state index >= 15 is 0 Å². The lowest BCUT2D eigenvalue weighted by Gasteiger charge is -2.12. The molecule has 0 bridgehead atoms. The molecule has 100 valence electrons. The van der Waals surface area contributed by atoms with Crippen molar-refractivity contribution in [3.8, 4) is 0 Å². The van der Waals surface area contributed by atoms with Crippen molar-refractivity contribution in [3.63, 3.8) is 0 Å². The zero-order chi connectivity index (χ0) is 14.0. The fourth-order valence-corrected chi connectivity index (χ4v) is 3.32. The third-order valence-electron chi connectivity index (χ3n) is 2.49. The van der Waals surface area contributed by atoms with Crippen molar-refractivity contribution in [3.05, 3.63) is 46.7 Å².